The van der Waals surface area contributed by atoms with Gasteiger partial charge in [0.1, 0.15) is 19.0 Å². The highest BCUT2D eigenvalue weighted by atomic mass is 35.5. The van der Waals surface area contributed by atoms with Crippen LogP contribution in [0.2, 0.25) is 5.02 Å². The number of hydrogen-bond acceptors (Lipinski definition) is 3. The van der Waals surface area contributed by atoms with Crippen molar-refractivity contribution in [2.75, 3.05) is 19.8 Å². The minimum absolute atomic E-state index is 0.354. The third-order valence-corrected chi connectivity index (χ3v) is 2.39. The first-order chi connectivity index (χ1) is 7.63. The summed E-state index contributed by atoms with van der Waals surface area (Å²) in [4.78, 5) is 10.7. The molecule has 5 heteroatoms. The normalized spacial score (nSPS) is 9.94. The van der Waals surface area contributed by atoms with Crippen LogP contribution >= 0.6 is 11.6 Å². The van der Waals surface area contributed by atoms with E-state index in [0.29, 0.717) is 23.9 Å². The summed E-state index contributed by atoms with van der Waals surface area (Å²) in [5, 5.41) is 11.6. The Kier molecular flexibility index (Phi) is 5.08. The molecule has 16 heavy (non-hydrogen) atoms. The van der Waals surface area contributed by atoms with Crippen molar-refractivity contribution in [3.8, 4) is 5.75 Å². The molecule has 0 radical (unpaired) electrons. The van der Waals surface area contributed by atoms with E-state index in [-0.39, 0.29) is 0 Å². The molecule has 0 aliphatic heterocycles. The van der Waals surface area contributed by atoms with Crippen LogP contribution in [0, 0.1) is 6.92 Å². The molecule has 88 valence electrons. The Labute approximate surface area is 99.2 Å². The summed E-state index contributed by atoms with van der Waals surface area (Å²) in [6, 6.07) is 5.36. The second-order valence-electron chi connectivity index (χ2n) is 3.27. The predicted molar refractivity (Wildman–Crippen MR) is 61.8 cm³/mol. The van der Waals surface area contributed by atoms with Crippen LogP contribution in [-0.2, 0) is 4.79 Å². The second kappa shape index (κ2) is 6.35. The van der Waals surface area contributed by atoms with E-state index in [1.165, 1.54) is 0 Å². The second-order valence-corrected chi connectivity index (χ2v) is 3.67. The van der Waals surface area contributed by atoms with Crippen LogP contribution in [0.1, 0.15) is 5.56 Å². The van der Waals surface area contributed by atoms with Crippen LogP contribution in [0.15, 0.2) is 18.2 Å². The van der Waals surface area contributed by atoms with E-state index in [9.17, 15) is 4.79 Å². The highest BCUT2D eigenvalue weighted by Crippen LogP contribution is 2.20. The van der Waals surface area contributed by atoms with Crippen molar-refractivity contribution in [1.29, 1.82) is 0 Å². The Hall–Kier alpha value is -1.26. The fourth-order valence-corrected chi connectivity index (χ4v) is 1.24. The number of hydrogen-bond donors (Lipinski definition) is 2. The molecule has 0 aliphatic carbocycles. The van der Waals surface area contributed by atoms with Gasteiger partial charge in [-0.1, -0.05) is 11.6 Å². The number of halogens is 1. The first-order valence-corrected chi connectivity index (χ1v) is 5.28. The van der Waals surface area contributed by atoms with Gasteiger partial charge in [0.15, 0.2) is 0 Å². The average molecular weight is 244 g/mol. The Balaban J connectivity index is 2.32. The maximum Gasteiger partial charge on any atom is 0.245 e. The highest BCUT2D eigenvalue weighted by molar-refractivity contribution is 6.31. The summed E-state index contributed by atoms with van der Waals surface area (Å²) in [7, 11) is 0. The Bertz CT molecular complexity index is 368. The minimum Gasteiger partial charge on any atom is -0.492 e. The lowest BCUT2D eigenvalue weighted by Crippen LogP contribution is -2.30. The average Bonchev–Trinajstić information content (AvgIpc) is 2.28. The topological polar surface area (TPSA) is 58.6 Å². The molecule has 1 aromatic carbocycles. The largest absolute Gasteiger partial charge is 0.492 e. The molecule has 0 fully saturated rings. The molecule has 0 heterocycles. The fraction of sp³-hybridized carbons (Fsp3) is 0.364. The van der Waals surface area contributed by atoms with E-state index in [1.807, 2.05) is 13.0 Å². The van der Waals surface area contributed by atoms with Crippen molar-refractivity contribution >= 4 is 17.5 Å². The number of carbonyl (C=O) groups excluding carboxylic acids is 1. The first kappa shape index (κ1) is 12.8. The lowest BCUT2D eigenvalue weighted by Gasteiger charge is -2.08. The molecule has 0 bridgehead atoms. The zero-order chi connectivity index (χ0) is 12.0. The van der Waals surface area contributed by atoms with Crippen LogP contribution in [0.4, 0.5) is 0 Å². The standard InChI is InChI=1S/C11H14ClNO3/c1-8-6-9(2-3-10(8)12)16-5-4-13-11(15)7-14/h2-3,6,14H,4-5,7H2,1H3,(H,13,15). The SMILES string of the molecule is Cc1cc(OCCNC(=O)CO)ccc1Cl. The summed E-state index contributed by atoms with van der Waals surface area (Å²) in [6.07, 6.45) is 0. The van der Waals surface area contributed by atoms with Crippen molar-refractivity contribution < 1.29 is 14.6 Å². The molecule has 0 aliphatic rings. The number of carbonyl (C=O) groups is 1. The van der Waals surface area contributed by atoms with E-state index >= 15 is 0 Å². The third kappa shape index (κ3) is 4.08. The van der Waals surface area contributed by atoms with E-state index < -0.39 is 12.5 Å². The van der Waals surface area contributed by atoms with Crippen LogP contribution in [0.25, 0.3) is 0 Å². The molecular formula is C11H14ClNO3. The van der Waals surface area contributed by atoms with E-state index in [1.54, 1.807) is 12.1 Å². The quantitative estimate of drug-likeness (QED) is 0.763. The highest BCUT2D eigenvalue weighted by Gasteiger charge is 1.99. The van der Waals surface area contributed by atoms with Gasteiger partial charge in [-0.25, -0.2) is 0 Å². The Morgan fingerprint density at radius 3 is 2.94 bits per heavy atom. The lowest BCUT2D eigenvalue weighted by molar-refractivity contribution is -0.123. The third-order valence-electron chi connectivity index (χ3n) is 1.97. The van der Waals surface area contributed by atoms with Crippen LogP contribution in [0.3, 0.4) is 0 Å². The minimum atomic E-state index is -0.500. The van der Waals surface area contributed by atoms with Crippen LogP contribution in [-0.4, -0.2) is 30.8 Å². The maximum absolute atomic E-state index is 10.7. The molecular weight excluding hydrogens is 230 g/mol. The number of aliphatic hydroxyl groups is 1. The van der Waals surface area contributed by atoms with Gasteiger partial charge in [0.05, 0.1) is 6.54 Å². The van der Waals surface area contributed by atoms with Gasteiger partial charge >= 0.3 is 0 Å². The number of nitrogens with one attached hydrogen (secondary N) is 1. The number of aliphatic hydroxyl groups excluding tert-OH is 1. The van der Waals surface area contributed by atoms with Crippen molar-refractivity contribution in [2.45, 2.75) is 6.92 Å². The number of ether oxygens (including phenoxy) is 1. The van der Waals surface area contributed by atoms with E-state index in [2.05, 4.69) is 5.32 Å². The van der Waals surface area contributed by atoms with Gasteiger partial charge in [-0.2, -0.15) is 0 Å². The molecule has 4 nitrogen and oxygen atoms in total. The van der Waals surface area contributed by atoms with Crippen molar-refractivity contribution in [1.82, 2.24) is 5.32 Å². The number of rotatable bonds is 5. The van der Waals surface area contributed by atoms with Gasteiger partial charge in [0.2, 0.25) is 5.91 Å². The van der Waals surface area contributed by atoms with Crippen LogP contribution in [0.5, 0.6) is 5.75 Å². The molecule has 1 amide bonds. The van der Waals surface area contributed by atoms with Crippen molar-refractivity contribution in [2.24, 2.45) is 0 Å². The van der Waals surface area contributed by atoms with Gasteiger partial charge in [-0.15, -0.1) is 0 Å². The number of aryl methyl sites for hydroxylation is 1. The summed E-state index contributed by atoms with van der Waals surface area (Å²) in [5.74, 6) is 0.302. The van der Waals surface area contributed by atoms with Gasteiger partial charge in [-0.05, 0) is 30.7 Å². The number of benzene rings is 1. The van der Waals surface area contributed by atoms with Gasteiger partial charge in [0.25, 0.3) is 0 Å². The molecule has 0 atom stereocenters. The zero-order valence-electron chi connectivity index (χ0n) is 9.00. The molecule has 0 aromatic heterocycles. The van der Waals surface area contributed by atoms with Crippen LogP contribution < -0.4 is 10.1 Å². The first-order valence-electron chi connectivity index (χ1n) is 4.90. The predicted octanol–water partition coefficient (Wildman–Crippen LogP) is 1.14. The molecule has 0 unspecified atom stereocenters. The Morgan fingerprint density at radius 1 is 1.56 bits per heavy atom. The molecule has 0 spiro atoms. The number of amides is 1. The van der Waals surface area contributed by atoms with Gasteiger partial charge in [0, 0.05) is 5.02 Å². The maximum atomic E-state index is 10.7. The van der Waals surface area contributed by atoms with Crippen molar-refractivity contribution in [3.63, 3.8) is 0 Å². The van der Waals surface area contributed by atoms with Gasteiger partial charge < -0.3 is 15.2 Å². The Morgan fingerprint density at radius 2 is 2.31 bits per heavy atom. The van der Waals surface area contributed by atoms with Gasteiger partial charge in [-0.3, -0.25) is 4.79 Å². The van der Waals surface area contributed by atoms with E-state index in [4.69, 9.17) is 21.4 Å². The monoisotopic (exact) mass is 243 g/mol. The summed E-state index contributed by atoms with van der Waals surface area (Å²) < 4.78 is 5.38. The molecule has 1 rings (SSSR count). The summed E-state index contributed by atoms with van der Waals surface area (Å²) in [5.41, 5.74) is 0.943. The molecule has 0 saturated carbocycles. The molecule has 2 N–H and O–H groups in total. The summed E-state index contributed by atoms with van der Waals surface area (Å²) in [6.45, 7) is 2.11. The molecule has 0 saturated heterocycles. The fourth-order valence-electron chi connectivity index (χ4n) is 1.12. The van der Waals surface area contributed by atoms with Crippen molar-refractivity contribution in [3.05, 3.63) is 28.8 Å². The zero-order valence-corrected chi connectivity index (χ0v) is 9.75. The smallest absolute Gasteiger partial charge is 0.245 e. The summed E-state index contributed by atoms with van der Waals surface area (Å²) >= 11 is 5.86. The van der Waals surface area contributed by atoms with E-state index in [0.717, 1.165) is 5.56 Å². The lowest BCUT2D eigenvalue weighted by atomic mass is 10.2. The molecule has 1 aromatic rings.